The van der Waals surface area contributed by atoms with E-state index in [-0.39, 0.29) is 0 Å². The first-order chi connectivity index (χ1) is 7.40. The summed E-state index contributed by atoms with van der Waals surface area (Å²) in [7, 11) is 1.75. The molecule has 2 nitrogen and oxygen atoms in total. The van der Waals surface area contributed by atoms with E-state index in [4.69, 9.17) is 4.74 Å². The number of benzene rings is 1. The smallest absolute Gasteiger partial charge is 0.142 e. The Hall–Kier alpha value is -1.18. The zero-order valence-corrected chi connectivity index (χ0v) is 9.12. The van der Waals surface area contributed by atoms with Crippen LogP contribution >= 0.6 is 0 Å². The summed E-state index contributed by atoms with van der Waals surface area (Å²) in [4.78, 5) is 0. The predicted octanol–water partition coefficient (Wildman–Crippen LogP) is 3.15. The van der Waals surface area contributed by atoms with Gasteiger partial charge in [-0.1, -0.05) is 25.0 Å². The maximum absolute atomic E-state index is 5.40. The monoisotopic (exact) mass is 203 g/mol. The van der Waals surface area contributed by atoms with Gasteiger partial charge in [-0.3, -0.25) is 0 Å². The van der Waals surface area contributed by atoms with E-state index in [0.717, 1.165) is 11.7 Å². The van der Waals surface area contributed by atoms with Gasteiger partial charge in [-0.2, -0.15) is 0 Å². The molecule has 2 unspecified atom stereocenters. The lowest BCUT2D eigenvalue weighted by molar-refractivity contribution is 0.416. The molecule has 2 atom stereocenters. The molecule has 0 aromatic heterocycles. The van der Waals surface area contributed by atoms with Crippen molar-refractivity contribution in [2.24, 2.45) is 0 Å². The van der Waals surface area contributed by atoms with Gasteiger partial charge in [-0.15, -0.1) is 0 Å². The van der Waals surface area contributed by atoms with E-state index >= 15 is 0 Å². The van der Waals surface area contributed by atoms with Crippen molar-refractivity contribution in [2.45, 2.75) is 37.6 Å². The first-order valence-electron chi connectivity index (χ1n) is 5.83. The van der Waals surface area contributed by atoms with Crippen LogP contribution in [0, 0.1) is 0 Å². The quantitative estimate of drug-likeness (QED) is 0.757. The summed E-state index contributed by atoms with van der Waals surface area (Å²) in [5.74, 6) is 1.73. The lowest BCUT2D eigenvalue weighted by Gasteiger charge is -2.25. The molecule has 0 radical (unpaired) electrons. The molecule has 15 heavy (non-hydrogen) atoms. The Morgan fingerprint density at radius 3 is 3.00 bits per heavy atom. The van der Waals surface area contributed by atoms with Gasteiger partial charge in [0.1, 0.15) is 5.75 Å². The summed E-state index contributed by atoms with van der Waals surface area (Å²) < 4.78 is 5.40. The largest absolute Gasteiger partial charge is 0.495 e. The van der Waals surface area contributed by atoms with Crippen molar-refractivity contribution in [1.82, 2.24) is 0 Å². The van der Waals surface area contributed by atoms with Gasteiger partial charge in [0.2, 0.25) is 0 Å². The molecule has 1 heterocycles. The van der Waals surface area contributed by atoms with Crippen molar-refractivity contribution in [1.29, 1.82) is 0 Å². The second-order valence-electron chi connectivity index (χ2n) is 4.57. The van der Waals surface area contributed by atoms with Gasteiger partial charge in [-0.25, -0.2) is 0 Å². The predicted molar refractivity (Wildman–Crippen MR) is 61.6 cm³/mol. The molecular weight excluding hydrogens is 186 g/mol. The van der Waals surface area contributed by atoms with Gasteiger partial charge in [0.15, 0.2) is 0 Å². The van der Waals surface area contributed by atoms with Crippen LogP contribution in [0.25, 0.3) is 0 Å². The first-order valence-corrected chi connectivity index (χ1v) is 5.83. The van der Waals surface area contributed by atoms with Crippen LogP contribution < -0.4 is 10.1 Å². The molecule has 1 fully saturated rings. The Labute approximate surface area is 90.6 Å². The minimum absolute atomic E-state index is 0.657. The van der Waals surface area contributed by atoms with Crippen molar-refractivity contribution in [3.05, 3.63) is 23.8 Å². The fourth-order valence-corrected chi connectivity index (χ4v) is 3.04. The van der Waals surface area contributed by atoms with Gasteiger partial charge in [0, 0.05) is 12.0 Å². The molecule has 1 aliphatic heterocycles. The molecule has 2 heteroatoms. The highest BCUT2D eigenvalue weighted by atomic mass is 16.5. The fourth-order valence-electron chi connectivity index (χ4n) is 3.04. The molecule has 0 amide bonds. The van der Waals surface area contributed by atoms with E-state index in [1.165, 1.54) is 36.9 Å². The number of nitrogens with one attached hydrogen (secondary N) is 1. The van der Waals surface area contributed by atoms with Crippen LogP contribution in [0.3, 0.4) is 0 Å². The van der Waals surface area contributed by atoms with Crippen LogP contribution in [-0.2, 0) is 0 Å². The molecule has 1 aromatic rings. The second-order valence-corrected chi connectivity index (χ2v) is 4.57. The van der Waals surface area contributed by atoms with Gasteiger partial charge >= 0.3 is 0 Å². The maximum atomic E-state index is 5.40. The SMILES string of the molecule is COc1cccc2c1NC1CCCCC21. The molecule has 0 spiro atoms. The molecule has 2 aliphatic rings. The van der Waals surface area contributed by atoms with E-state index in [9.17, 15) is 0 Å². The van der Waals surface area contributed by atoms with Crippen LogP contribution in [0.5, 0.6) is 5.75 Å². The number of hydrogen-bond donors (Lipinski definition) is 1. The number of rotatable bonds is 1. The third-order valence-corrected chi connectivity index (χ3v) is 3.77. The van der Waals surface area contributed by atoms with Crippen molar-refractivity contribution in [2.75, 3.05) is 12.4 Å². The minimum Gasteiger partial charge on any atom is -0.495 e. The highest BCUT2D eigenvalue weighted by Crippen LogP contribution is 2.47. The molecule has 1 aliphatic carbocycles. The third kappa shape index (κ3) is 1.31. The number of anilines is 1. The highest BCUT2D eigenvalue weighted by Gasteiger charge is 2.35. The van der Waals surface area contributed by atoms with Crippen molar-refractivity contribution in [3.63, 3.8) is 0 Å². The Morgan fingerprint density at radius 2 is 2.13 bits per heavy atom. The van der Waals surface area contributed by atoms with Crippen LogP contribution in [0.2, 0.25) is 0 Å². The summed E-state index contributed by atoms with van der Waals surface area (Å²) in [6.45, 7) is 0. The van der Waals surface area contributed by atoms with E-state index in [2.05, 4.69) is 17.4 Å². The average molecular weight is 203 g/mol. The van der Waals surface area contributed by atoms with Gasteiger partial charge in [0.05, 0.1) is 12.8 Å². The van der Waals surface area contributed by atoms with Crippen LogP contribution in [-0.4, -0.2) is 13.2 Å². The topological polar surface area (TPSA) is 21.3 Å². The van der Waals surface area contributed by atoms with Gasteiger partial charge in [0.25, 0.3) is 0 Å². The summed E-state index contributed by atoms with van der Waals surface area (Å²) in [5, 5.41) is 3.63. The van der Waals surface area contributed by atoms with Gasteiger partial charge in [-0.05, 0) is 24.5 Å². The van der Waals surface area contributed by atoms with Crippen molar-refractivity contribution < 1.29 is 4.74 Å². The van der Waals surface area contributed by atoms with Crippen molar-refractivity contribution >= 4 is 5.69 Å². The number of fused-ring (bicyclic) bond motifs is 3. The molecule has 0 saturated heterocycles. The summed E-state index contributed by atoms with van der Waals surface area (Å²) in [6.07, 6.45) is 5.38. The Bertz CT molecular complexity index is 375. The minimum atomic E-state index is 0.657. The zero-order valence-electron chi connectivity index (χ0n) is 9.12. The second kappa shape index (κ2) is 3.44. The standard InChI is InChI=1S/C13H17NO/c1-15-12-8-4-6-10-9-5-2-3-7-11(9)14-13(10)12/h4,6,8-9,11,14H,2-3,5,7H2,1H3. The summed E-state index contributed by atoms with van der Waals surface area (Å²) in [5.41, 5.74) is 2.72. The molecule has 1 aromatic carbocycles. The van der Waals surface area contributed by atoms with Crippen LogP contribution in [0.4, 0.5) is 5.69 Å². The van der Waals surface area contributed by atoms with Gasteiger partial charge < -0.3 is 10.1 Å². The van der Waals surface area contributed by atoms with E-state index < -0.39 is 0 Å². The first kappa shape index (κ1) is 9.08. The normalized spacial score (nSPS) is 27.8. The maximum Gasteiger partial charge on any atom is 0.142 e. The number of hydrogen-bond acceptors (Lipinski definition) is 2. The van der Waals surface area contributed by atoms with Crippen LogP contribution in [0.15, 0.2) is 18.2 Å². The van der Waals surface area contributed by atoms with Crippen LogP contribution in [0.1, 0.15) is 37.2 Å². The Morgan fingerprint density at radius 1 is 1.27 bits per heavy atom. The Kier molecular flexibility index (Phi) is 2.08. The molecule has 1 saturated carbocycles. The lowest BCUT2D eigenvalue weighted by atomic mass is 9.83. The Balaban J connectivity index is 2.03. The summed E-state index contributed by atoms with van der Waals surface area (Å²) in [6, 6.07) is 7.06. The molecule has 0 bridgehead atoms. The highest BCUT2D eigenvalue weighted by molar-refractivity contribution is 5.68. The third-order valence-electron chi connectivity index (χ3n) is 3.77. The van der Waals surface area contributed by atoms with Crippen molar-refractivity contribution in [3.8, 4) is 5.75 Å². The fraction of sp³-hybridized carbons (Fsp3) is 0.538. The van der Waals surface area contributed by atoms with E-state index in [1.54, 1.807) is 7.11 Å². The number of methoxy groups -OCH3 is 1. The average Bonchev–Trinajstić information content (AvgIpc) is 2.67. The van der Waals surface area contributed by atoms with E-state index in [0.29, 0.717) is 6.04 Å². The number of para-hydroxylation sites is 1. The number of ether oxygens (including phenoxy) is 1. The molecular formula is C13H17NO. The molecule has 80 valence electrons. The molecule has 1 N–H and O–H groups in total. The van der Waals surface area contributed by atoms with E-state index in [1.807, 2.05) is 6.07 Å². The summed E-state index contributed by atoms with van der Waals surface area (Å²) >= 11 is 0. The molecule has 3 rings (SSSR count). The zero-order chi connectivity index (χ0) is 10.3. The lowest BCUT2D eigenvalue weighted by Crippen LogP contribution is -2.23.